The zero-order valence-electron chi connectivity index (χ0n) is 9.67. The molecule has 0 saturated carbocycles. The number of anilines is 1. The molecule has 0 heterocycles. The van der Waals surface area contributed by atoms with Gasteiger partial charge in [-0.15, -0.1) is 0 Å². The number of benzene rings is 1. The summed E-state index contributed by atoms with van der Waals surface area (Å²) in [5.41, 5.74) is 0.105. The first-order valence-electron chi connectivity index (χ1n) is 5.52. The van der Waals surface area contributed by atoms with Crippen molar-refractivity contribution in [2.75, 3.05) is 24.6 Å². The Morgan fingerprint density at radius 2 is 1.76 bits per heavy atom. The lowest BCUT2D eigenvalue weighted by Crippen LogP contribution is -2.24. The maximum atomic E-state index is 12.4. The standard InChI is InChI=1S/C12H16F3NO/c1-2-16(8-3-9-17)11-6-4-10(5-7-11)12(13,14)15/h4-7,17H,2-3,8-9H2,1H3. The monoisotopic (exact) mass is 247 g/mol. The van der Waals surface area contributed by atoms with E-state index >= 15 is 0 Å². The molecule has 0 fully saturated rings. The number of alkyl halides is 3. The summed E-state index contributed by atoms with van der Waals surface area (Å²) in [7, 11) is 0. The van der Waals surface area contributed by atoms with Crippen LogP contribution in [0, 0.1) is 0 Å². The molecule has 96 valence electrons. The minimum Gasteiger partial charge on any atom is -0.396 e. The van der Waals surface area contributed by atoms with Gasteiger partial charge in [0, 0.05) is 25.4 Å². The van der Waals surface area contributed by atoms with Gasteiger partial charge in [0.25, 0.3) is 0 Å². The second kappa shape index (κ2) is 5.91. The number of hydrogen-bond donors (Lipinski definition) is 1. The van der Waals surface area contributed by atoms with Crippen molar-refractivity contribution in [3.05, 3.63) is 29.8 Å². The first-order valence-corrected chi connectivity index (χ1v) is 5.52. The van der Waals surface area contributed by atoms with Crippen LogP contribution in [0.4, 0.5) is 18.9 Å². The zero-order valence-corrected chi connectivity index (χ0v) is 9.67. The maximum absolute atomic E-state index is 12.4. The van der Waals surface area contributed by atoms with Gasteiger partial charge in [-0.2, -0.15) is 13.2 Å². The Morgan fingerprint density at radius 3 is 2.18 bits per heavy atom. The van der Waals surface area contributed by atoms with E-state index in [1.165, 1.54) is 12.1 Å². The molecule has 0 radical (unpaired) electrons. The largest absolute Gasteiger partial charge is 0.416 e. The number of aliphatic hydroxyl groups excluding tert-OH is 1. The van der Waals surface area contributed by atoms with Crippen LogP contribution in [0.5, 0.6) is 0 Å². The molecule has 1 aromatic carbocycles. The number of hydrogen-bond acceptors (Lipinski definition) is 2. The van der Waals surface area contributed by atoms with Crippen molar-refractivity contribution < 1.29 is 18.3 Å². The first kappa shape index (κ1) is 13.8. The minimum absolute atomic E-state index is 0.0805. The van der Waals surface area contributed by atoms with Crippen LogP contribution in [-0.2, 0) is 6.18 Å². The third-order valence-corrected chi connectivity index (χ3v) is 2.53. The van der Waals surface area contributed by atoms with Gasteiger partial charge in [-0.3, -0.25) is 0 Å². The molecule has 0 bridgehead atoms. The molecule has 17 heavy (non-hydrogen) atoms. The van der Waals surface area contributed by atoms with E-state index in [2.05, 4.69) is 0 Å². The van der Waals surface area contributed by atoms with E-state index in [4.69, 9.17) is 5.11 Å². The third kappa shape index (κ3) is 3.93. The van der Waals surface area contributed by atoms with Crippen LogP contribution in [0.25, 0.3) is 0 Å². The van der Waals surface area contributed by atoms with E-state index in [-0.39, 0.29) is 6.61 Å². The number of nitrogens with zero attached hydrogens (tertiary/aromatic N) is 1. The van der Waals surface area contributed by atoms with E-state index < -0.39 is 11.7 Å². The Balaban J connectivity index is 2.78. The van der Waals surface area contributed by atoms with Gasteiger partial charge in [0.15, 0.2) is 0 Å². The summed E-state index contributed by atoms with van der Waals surface area (Å²) >= 11 is 0. The van der Waals surface area contributed by atoms with Crippen LogP contribution in [0.3, 0.4) is 0 Å². The molecule has 0 aliphatic carbocycles. The van der Waals surface area contributed by atoms with Crippen molar-refractivity contribution in [2.24, 2.45) is 0 Å². The van der Waals surface area contributed by atoms with E-state index in [1.807, 2.05) is 11.8 Å². The molecule has 0 aliphatic heterocycles. The molecule has 0 unspecified atom stereocenters. The lowest BCUT2D eigenvalue weighted by atomic mass is 10.2. The lowest BCUT2D eigenvalue weighted by Gasteiger charge is -2.23. The van der Waals surface area contributed by atoms with Crippen molar-refractivity contribution >= 4 is 5.69 Å². The maximum Gasteiger partial charge on any atom is 0.416 e. The Kier molecular flexibility index (Phi) is 4.81. The second-order valence-electron chi connectivity index (χ2n) is 3.70. The number of rotatable bonds is 5. The van der Waals surface area contributed by atoms with Crippen molar-refractivity contribution in [3.8, 4) is 0 Å². The van der Waals surface area contributed by atoms with Crippen LogP contribution >= 0.6 is 0 Å². The summed E-state index contributed by atoms with van der Waals surface area (Å²) in [4.78, 5) is 1.93. The van der Waals surface area contributed by atoms with Crippen LogP contribution < -0.4 is 4.90 Å². The fourth-order valence-electron chi connectivity index (χ4n) is 1.59. The molecule has 2 nitrogen and oxygen atoms in total. The number of aliphatic hydroxyl groups is 1. The van der Waals surface area contributed by atoms with Gasteiger partial charge in [0.1, 0.15) is 0 Å². The van der Waals surface area contributed by atoms with Crippen LogP contribution in [0.2, 0.25) is 0 Å². The average Bonchev–Trinajstić information content (AvgIpc) is 2.29. The van der Waals surface area contributed by atoms with Crippen molar-refractivity contribution in [1.82, 2.24) is 0 Å². The summed E-state index contributed by atoms with van der Waals surface area (Å²) in [5.74, 6) is 0. The van der Waals surface area contributed by atoms with Gasteiger partial charge < -0.3 is 10.0 Å². The molecular weight excluding hydrogens is 231 g/mol. The third-order valence-electron chi connectivity index (χ3n) is 2.53. The molecule has 0 aliphatic rings. The highest BCUT2D eigenvalue weighted by atomic mass is 19.4. The molecule has 5 heteroatoms. The Labute approximate surface area is 98.7 Å². The average molecular weight is 247 g/mol. The van der Waals surface area contributed by atoms with Crippen LogP contribution in [-0.4, -0.2) is 24.8 Å². The zero-order chi connectivity index (χ0) is 12.9. The smallest absolute Gasteiger partial charge is 0.396 e. The second-order valence-corrected chi connectivity index (χ2v) is 3.70. The molecule has 0 aromatic heterocycles. The van der Waals surface area contributed by atoms with E-state index in [0.717, 1.165) is 17.8 Å². The van der Waals surface area contributed by atoms with Gasteiger partial charge in [-0.05, 0) is 37.6 Å². The SMILES string of the molecule is CCN(CCCO)c1ccc(C(F)(F)F)cc1. The Hall–Kier alpha value is -1.23. The normalized spacial score (nSPS) is 11.6. The van der Waals surface area contributed by atoms with Crippen LogP contribution in [0.1, 0.15) is 18.9 Å². The first-order chi connectivity index (χ1) is 7.99. The fourth-order valence-corrected chi connectivity index (χ4v) is 1.59. The fraction of sp³-hybridized carbons (Fsp3) is 0.500. The van der Waals surface area contributed by atoms with Crippen molar-refractivity contribution in [1.29, 1.82) is 0 Å². The summed E-state index contributed by atoms with van der Waals surface area (Å²) in [6.07, 6.45) is -3.68. The quantitative estimate of drug-likeness (QED) is 0.864. The van der Waals surface area contributed by atoms with E-state index in [0.29, 0.717) is 19.5 Å². The molecule has 1 N–H and O–H groups in total. The minimum atomic E-state index is -4.29. The summed E-state index contributed by atoms with van der Waals surface area (Å²) in [6.45, 7) is 3.34. The van der Waals surface area contributed by atoms with Gasteiger partial charge in [0.2, 0.25) is 0 Å². The van der Waals surface area contributed by atoms with Crippen molar-refractivity contribution in [3.63, 3.8) is 0 Å². The van der Waals surface area contributed by atoms with Gasteiger partial charge in [-0.1, -0.05) is 0 Å². The summed E-state index contributed by atoms with van der Waals surface area (Å²) in [6, 6.07) is 5.08. The molecule has 0 saturated heterocycles. The molecule has 1 rings (SSSR count). The van der Waals surface area contributed by atoms with Crippen LogP contribution in [0.15, 0.2) is 24.3 Å². The van der Waals surface area contributed by atoms with Crippen molar-refractivity contribution in [2.45, 2.75) is 19.5 Å². The topological polar surface area (TPSA) is 23.5 Å². The predicted molar refractivity (Wildman–Crippen MR) is 61.0 cm³/mol. The molecule has 0 amide bonds. The molecule has 1 aromatic rings. The van der Waals surface area contributed by atoms with Gasteiger partial charge in [0.05, 0.1) is 5.56 Å². The Bertz CT molecular complexity index is 335. The highest BCUT2D eigenvalue weighted by Gasteiger charge is 2.30. The predicted octanol–water partition coefficient (Wildman–Crippen LogP) is 2.91. The van der Waals surface area contributed by atoms with E-state index in [1.54, 1.807) is 0 Å². The molecule has 0 spiro atoms. The lowest BCUT2D eigenvalue weighted by molar-refractivity contribution is -0.137. The number of halogens is 3. The van der Waals surface area contributed by atoms with Gasteiger partial charge >= 0.3 is 6.18 Å². The highest BCUT2D eigenvalue weighted by Crippen LogP contribution is 2.30. The molecular formula is C12H16F3NO. The summed E-state index contributed by atoms with van der Waals surface area (Å²) in [5, 5.41) is 8.73. The Morgan fingerprint density at radius 1 is 1.18 bits per heavy atom. The van der Waals surface area contributed by atoms with Gasteiger partial charge in [-0.25, -0.2) is 0 Å². The summed E-state index contributed by atoms with van der Waals surface area (Å²) < 4.78 is 37.1. The van der Waals surface area contributed by atoms with E-state index in [9.17, 15) is 13.2 Å². The molecule has 0 atom stereocenters. The highest BCUT2D eigenvalue weighted by molar-refractivity contribution is 5.47.